The predicted molar refractivity (Wildman–Crippen MR) is 112 cm³/mol. The fourth-order valence-electron chi connectivity index (χ4n) is 3.43. The highest BCUT2D eigenvalue weighted by Gasteiger charge is 2.25. The number of hydrogen-bond acceptors (Lipinski definition) is 6. The van der Waals surface area contributed by atoms with Gasteiger partial charge in [-0.3, -0.25) is 14.2 Å². The van der Waals surface area contributed by atoms with Gasteiger partial charge in [0.05, 0.1) is 18.3 Å². The zero-order valence-corrected chi connectivity index (χ0v) is 17.5. The molecule has 0 unspecified atom stereocenters. The molecule has 7 nitrogen and oxygen atoms in total. The topological polar surface area (TPSA) is 73.7 Å². The molecule has 0 spiro atoms. The van der Waals surface area contributed by atoms with Gasteiger partial charge < -0.3 is 14.4 Å². The van der Waals surface area contributed by atoms with E-state index >= 15 is 0 Å². The van der Waals surface area contributed by atoms with Crippen LogP contribution in [0.3, 0.4) is 0 Å². The number of nitrogens with zero attached hydrogens (tertiary/aromatic N) is 3. The number of thiophene rings is 1. The number of para-hydroxylation sites is 2. The standard InChI is InChI=1S/C21H23N3O4S/c1-4-23(9-15-11-27-16-7-5-6-8-17(16)28-15)18(25)10-24-12-22-20-19(21(24)26)13(2)14(3)29-20/h5-8,12,15H,4,9-11H2,1-3H3/t15-/m1/s1. The van der Waals surface area contributed by atoms with Crippen LogP contribution in [0.25, 0.3) is 10.2 Å². The van der Waals surface area contributed by atoms with E-state index in [2.05, 4.69) is 4.98 Å². The molecule has 0 aliphatic carbocycles. The summed E-state index contributed by atoms with van der Waals surface area (Å²) in [5.74, 6) is 1.25. The Kier molecular flexibility index (Phi) is 5.27. The normalized spacial score (nSPS) is 15.5. The van der Waals surface area contributed by atoms with Crippen LogP contribution in [-0.4, -0.2) is 46.2 Å². The molecule has 4 rings (SSSR count). The van der Waals surface area contributed by atoms with E-state index in [1.54, 1.807) is 4.90 Å². The molecule has 0 N–H and O–H groups in total. The summed E-state index contributed by atoms with van der Waals surface area (Å²) in [5.41, 5.74) is 0.760. The van der Waals surface area contributed by atoms with Crippen LogP contribution in [-0.2, 0) is 11.3 Å². The first kappa shape index (κ1) is 19.4. The van der Waals surface area contributed by atoms with Crippen molar-refractivity contribution in [1.29, 1.82) is 0 Å². The lowest BCUT2D eigenvalue weighted by Gasteiger charge is -2.31. The Bertz CT molecular complexity index is 1120. The summed E-state index contributed by atoms with van der Waals surface area (Å²) in [4.78, 5) is 33.6. The molecule has 0 fully saturated rings. The molecule has 1 aliphatic heterocycles. The van der Waals surface area contributed by atoms with Gasteiger partial charge in [-0.2, -0.15) is 0 Å². The van der Waals surface area contributed by atoms with Crippen molar-refractivity contribution in [2.75, 3.05) is 19.7 Å². The van der Waals surface area contributed by atoms with Gasteiger partial charge in [-0.25, -0.2) is 4.98 Å². The maximum Gasteiger partial charge on any atom is 0.262 e. The van der Waals surface area contributed by atoms with Gasteiger partial charge in [-0.05, 0) is 38.5 Å². The molecule has 152 valence electrons. The van der Waals surface area contributed by atoms with Crippen molar-refractivity contribution in [2.45, 2.75) is 33.4 Å². The van der Waals surface area contributed by atoms with E-state index in [1.807, 2.05) is 45.0 Å². The Morgan fingerprint density at radius 3 is 2.83 bits per heavy atom. The second-order valence-corrected chi connectivity index (χ2v) is 8.27. The van der Waals surface area contributed by atoms with Crippen LogP contribution in [0.2, 0.25) is 0 Å². The van der Waals surface area contributed by atoms with Crippen molar-refractivity contribution >= 4 is 27.5 Å². The van der Waals surface area contributed by atoms with E-state index in [0.717, 1.165) is 10.4 Å². The van der Waals surface area contributed by atoms with Crippen LogP contribution in [0.1, 0.15) is 17.4 Å². The largest absolute Gasteiger partial charge is 0.486 e. The molecular formula is C21H23N3O4S. The molecule has 3 aromatic rings. The molecule has 8 heteroatoms. The number of aryl methyl sites for hydroxylation is 2. The number of hydrogen-bond donors (Lipinski definition) is 0. The summed E-state index contributed by atoms with van der Waals surface area (Å²) < 4.78 is 13.1. The van der Waals surface area contributed by atoms with Crippen molar-refractivity contribution in [1.82, 2.24) is 14.5 Å². The fourth-order valence-corrected chi connectivity index (χ4v) is 4.42. The molecular weight excluding hydrogens is 390 g/mol. The van der Waals surface area contributed by atoms with Crippen LogP contribution >= 0.6 is 11.3 Å². The predicted octanol–water partition coefficient (Wildman–Crippen LogP) is 2.76. The van der Waals surface area contributed by atoms with Crippen molar-refractivity contribution in [3.05, 3.63) is 51.4 Å². The van der Waals surface area contributed by atoms with Gasteiger partial charge in [0.25, 0.3) is 5.56 Å². The fraction of sp³-hybridized carbons (Fsp3) is 0.381. The molecule has 1 aliphatic rings. The van der Waals surface area contributed by atoms with Gasteiger partial charge in [0.1, 0.15) is 18.0 Å². The van der Waals surface area contributed by atoms with E-state index < -0.39 is 0 Å². The number of likely N-dealkylation sites (N-methyl/N-ethyl adjacent to an activating group) is 1. The minimum absolute atomic E-state index is 0.0475. The minimum atomic E-state index is -0.257. The number of aromatic nitrogens is 2. The van der Waals surface area contributed by atoms with E-state index in [-0.39, 0.29) is 24.1 Å². The molecule has 29 heavy (non-hydrogen) atoms. The smallest absolute Gasteiger partial charge is 0.262 e. The lowest BCUT2D eigenvalue weighted by molar-refractivity contribution is -0.133. The molecule has 0 saturated heterocycles. The summed E-state index contributed by atoms with van der Waals surface area (Å²) in [6.45, 7) is 7.04. The Hall–Kier alpha value is -2.87. The van der Waals surface area contributed by atoms with Crippen LogP contribution in [0.5, 0.6) is 11.5 Å². The number of carbonyl (C=O) groups excluding carboxylic acids is 1. The van der Waals surface area contributed by atoms with Crippen LogP contribution in [0.15, 0.2) is 35.4 Å². The first-order chi connectivity index (χ1) is 14.0. The summed E-state index contributed by atoms with van der Waals surface area (Å²) in [6, 6.07) is 7.49. The van der Waals surface area contributed by atoms with Gasteiger partial charge >= 0.3 is 0 Å². The first-order valence-electron chi connectivity index (χ1n) is 9.59. The third-order valence-electron chi connectivity index (χ3n) is 5.19. The molecule has 0 bridgehead atoms. The lowest BCUT2D eigenvalue weighted by Crippen LogP contribution is -2.45. The van der Waals surface area contributed by atoms with Crippen molar-refractivity contribution in [3.63, 3.8) is 0 Å². The Morgan fingerprint density at radius 1 is 1.31 bits per heavy atom. The first-order valence-corrected chi connectivity index (χ1v) is 10.4. The summed E-state index contributed by atoms with van der Waals surface area (Å²) in [7, 11) is 0. The van der Waals surface area contributed by atoms with Gasteiger partial charge in [0.2, 0.25) is 5.91 Å². The summed E-state index contributed by atoms with van der Waals surface area (Å²) in [5, 5.41) is 0.603. The monoisotopic (exact) mass is 413 g/mol. The number of benzene rings is 1. The van der Waals surface area contributed by atoms with Crippen molar-refractivity contribution in [3.8, 4) is 11.5 Å². The Balaban J connectivity index is 1.49. The van der Waals surface area contributed by atoms with Crippen LogP contribution in [0, 0.1) is 13.8 Å². The quantitative estimate of drug-likeness (QED) is 0.643. The molecule has 2 aromatic heterocycles. The Morgan fingerprint density at radius 2 is 2.07 bits per heavy atom. The number of rotatable bonds is 5. The molecule has 1 atom stereocenters. The second-order valence-electron chi connectivity index (χ2n) is 7.07. The number of carbonyl (C=O) groups is 1. The molecule has 0 radical (unpaired) electrons. The number of fused-ring (bicyclic) bond motifs is 2. The van der Waals surface area contributed by atoms with Crippen LogP contribution < -0.4 is 15.0 Å². The average Bonchev–Trinajstić information content (AvgIpc) is 3.02. The zero-order chi connectivity index (χ0) is 20.5. The van der Waals surface area contributed by atoms with Gasteiger partial charge in [0.15, 0.2) is 17.6 Å². The average molecular weight is 413 g/mol. The van der Waals surface area contributed by atoms with Crippen molar-refractivity contribution < 1.29 is 14.3 Å². The molecule has 3 heterocycles. The molecule has 1 aromatic carbocycles. The van der Waals surface area contributed by atoms with Crippen molar-refractivity contribution in [2.24, 2.45) is 0 Å². The highest BCUT2D eigenvalue weighted by molar-refractivity contribution is 7.18. The summed E-state index contributed by atoms with van der Waals surface area (Å²) in [6.07, 6.45) is 1.20. The van der Waals surface area contributed by atoms with Gasteiger partial charge in [-0.15, -0.1) is 11.3 Å². The molecule has 0 saturated carbocycles. The zero-order valence-electron chi connectivity index (χ0n) is 16.7. The SMILES string of the molecule is CCN(C[C@@H]1COc2ccccc2O1)C(=O)Cn1cnc2sc(C)c(C)c2c1=O. The van der Waals surface area contributed by atoms with E-state index in [1.165, 1.54) is 22.2 Å². The maximum atomic E-state index is 12.9. The minimum Gasteiger partial charge on any atom is -0.486 e. The van der Waals surface area contributed by atoms with E-state index in [9.17, 15) is 9.59 Å². The summed E-state index contributed by atoms with van der Waals surface area (Å²) >= 11 is 1.50. The number of ether oxygens (including phenoxy) is 2. The van der Waals surface area contributed by atoms with Gasteiger partial charge in [0, 0.05) is 11.4 Å². The second kappa shape index (κ2) is 7.87. The van der Waals surface area contributed by atoms with Gasteiger partial charge in [-0.1, -0.05) is 12.1 Å². The van der Waals surface area contributed by atoms with Crippen LogP contribution in [0.4, 0.5) is 0 Å². The maximum absolute atomic E-state index is 12.9. The third kappa shape index (κ3) is 3.72. The number of amides is 1. The highest BCUT2D eigenvalue weighted by atomic mass is 32.1. The molecule has 1 amide bonds. The van der Waals surface area contributed by atoms with E-state index in [4.69, 9.17) is 9.47 Å². The highest BCUT2D eigenvalue weighted by Crippen LogP contribution is 2.31. The Labute approximate surface area is 172 Å². The third-order valence-corrected chi connectivity index (χ3v) is 6.30. The lowest BCUT2D eigenvalue weighted by atomic mass is 10.2. The van der Waals surface area contributed by atoms with E-state index in [0.29, 0.717) is 41.4 Å².